The third kappa shape index (κ3) is 4.52. The Hall–Kier alpha value is -2.15. The van der Waals surface area contributed by atoms with Crippen LogP contribution in [0.3, 0.4) is 0 Å². The second-order valence-electron chi connectivity index (χ2n) is 8.51. The van der Waals surface area contributed by atoms with E-state index in [2.05, 4.69) is 51.9 Å². The number of rotatable bonds is 1. The molecule has 0 radical (unpaired) electrons. The van der Waals surface area contributed by atoms with E-state index in [4.69, 9.17) is 11.1 Å². The van der Waals surface area contributed by atoms with E-state index < -0.39 is 10.5 Å². The van der Waals surface area contributed by atoms with Crippen LogP contribution in [0.1, 0.15) is 58.2 Å². The molecule has 0 fully saturated rings. The highest BCUT2D eigenvalue weighted by Gasteiger charge is 2.27. The zero-order valence-corrected chi connectivity index (χ0v) is 17.0. The van der Waals surface area contributed by atoms with Gasteiger partial charge in [-0.15, -0.1) is 10.5 Å². The van der Waals surface area contributed by atoms with Crippen molar-refractivity contribution in [3.63, 3.8) is 0 Å². The number of benzene rings is 1. The molecule has 1 amide bonds. The van der Waals surface area contributed by atoms with Gasteiger partial charge in [-0.3, -0.25) is 10.2 Å². The number of hydrogen-bond donors (Lipinski definition) is 4. The van der Waals surface area contributed by atoms with Gasteiger partial charge in [0, 0.05) is 11.1 Å². The fraction of sp³-hybridized carbons (Fsp3) is 0.474. The Balaban J connectivity index is 2.61. The van der Waals surface area contributed by atoms with Crippen LogP contribution in [0.25, 0.3) is 0 Å². The quantitative estimate of drug-likeness (QED) is 0.343. The molecule has 2 rings (SSSR count). The third-order valence-electron chi connectivity index (χ3n) is 4.02. The van der Waals surface area contributed by atoms with E-state index in [1.807, 2.05) is 17.5 Å². The predicted molar refractivity (Wildman–Crippen MR) is 111 cm³/mol. The van der Waals surface area contributed by atoms with E-state index in [-0.39, 0.29) is 28.4 Å². The second kappa shape index (κ2) is 6.87. The number of hydrogen-bond acceptors (Lipinski definition) is 3. The van der Waals surface area contributed by atoms with Crippen LogP contribution < -0.4 is 11.1 Å². The summed E-state index contributed by atoms with van der Waals surface area (Å²) in [5, 5.41) is 23.3. The fourth-order valence-electron chi connectivity index (χ4n) is 2.74. The number of carbonyl (C=O) groups excluding carboxylic acids is 1. The van der Waals surface area contributed by atoms with Gasteiger partial charge in [-0.25, -0.2) is 0 Å². The summed E-state index contributed by atoms with van der Waals surface area (Å²) in [4.78, 5) is 15.7. The van der Waals surface area contributed by atoms with Gasteiger partial charge in [0.15, 0.2) is 11.1 Å². The van der Waals surface area contributed by atoms with Crippen molar-refractivity contribution in [1.82, 2.24) is 5.32 Å². The van der Waals surface area contributed by atoms with E-state index in [1.54, 1.807) is 0 Å². The number of nitrogens with one attached hydrogen (secondary N) is 2. The number of nitrogens with two attached hydrogens (primary N) is 1. The largest absolute Gasteiger partial charge is 0.507 e. The molecule has 0 saturated carbocycles. The first-order chi connectivity index (χ1) is 11.8. The normalized spacial score (nSPS) is 18.2. The first-order valence-electron chi connectivity index (χ1n) is 8.44. The zero-order valence-electron chi connectivity index (χ0n) is 16.2. The van der Waals surface area contributed by atoms with Crippen LogP contribution >= 0.6 is 10.5 Å². The molecule has 1 unspecified atom stereocenters. The van der Waals surface area contributed by atoms with Crippen molar-refractivity contribution in [1.29, 1.82) is 5.41 Å². The molecule has 0 bridgehead atoms. The lowest BCUT2D eigenvalue weighted by molar-refractivity contribution is -0.115. The highest BCUT2D eigenvalue weighted by atomic mass is 32.2. The Morgan fingerprint density at radius 1 is 1.23 bits per heavy atom. The van der Waals surface area contributed by atoms with Gasteiger partial charge in [0.2, 0.25) is 0 Å². The molecule has 0 aliphatic carbocycles. The summed E-state index contributed by atoms with van der Waals surface area (Å²) in [6, 6.07) is 3.93. The molecule has 0 saturated heterocycles. The minimum Gasteiger partial charge on any atom is -0.507 e. The lowest BCUT2D eigenvalue weighted by Crippen LogP contribution is -2.34. The maximum atomic E-state index is 11.8. The zero-order chi connectivity index (χ0) is 19.9. The molecule has 1 aliphatic heterocycles. The van der Waals surface area contributed by atoms with Crippen molar-refractivity contribution in [3.05, 3.63) is 28.8 Å². The van der Waals surface area contributed by atoms with Crippen molar-refractivity contribution < 1.29 is 9.90 Å². The van der Waals surface area contributed by atoms with Gasteiger partial charge in [-0.05, 0) is 33.9 Å². The Morgan fingerprint density at radius 3 is 2.15 bits per heavy atom. The van der Waals surface area contributed by atoms with Gasteiger partial charge in [0.25, 0.3) is 5.91 Å². The number of aliphatic imine (C=N–C) groups is 1. The van der Waals surface area contributed by atoms with E-state index in [0.717, 1.165) is 16.7 Å². The van der Waals surface area contributed by atoms with Gasteiger partial charge in [0.1, 0.15) is 5.75 Å². The molecular weight excluding hydrogens is 348 g/mol. The molecule has 1 aromatic carbocycles. The van der Waals surface area contributed by atoms with Gasteiger partial charge in [-0.1, -0.05) is 41.5 Å². The maximum Gasteiger partial charge on any atom is 0.258 e. The number of aromatic hydroxyl groups is 1. The Kier molecular flexibility index (Phi) is 5.33. The van der Waals surface area contributed by atoms with E-state index in [1.165, 1.54) is 0 Å². The average Bonchev–Trinajstić information content (AvgIpc) is 2.76. The van der Waals surface area contributed by atoms with E-state index in [0.29, 0.717) is 10.9 Å². The van der Waals surface area contributed by atoms with Gasteiger partial charge >= 0.3 is 0 Å². The van der Waals surface area contributed by atoms with Crippen LogP contribution in [0.15, 0.2) is 17.1 Å². The monoisotopic (exact) mass is 376 g/mol. The summed E-state index contributed by atoms with van der Waals surface area (Å²) in [5.74, 6) is 0.135. The number of phenols is 1. The van der Waals surface area contributed by atoms with Gasteiger partial charge in [-0.2, -0.15) is 4.99 Å². The Bertz CT molecular complexity index is 792. The molecule has 7 heteroatoms. The SMILES string of the molecule is CC(C)(C)c1cc(/C=S2/CC(=O)N=C2NC(=N)N)cc(C(C)(C)C)c1O. The third-order valence-corrected chi connectivity index (χ3v) is 5.83. The molecule has 1 heterocycles. The van der Waals surface area contributed by atoms with Crippen molar-refractivity contribution in [2.75, 3.05) is 5.75 Å². The van der Waals surface area contributed by atoms with Crippen LogP contribution in [-0.4, -0.2) is 33.3 Å². The summed E-state index contributed by atoms with van der Waals surface area (Å²) in [5.41, 5.74) is 7.60. The smallest absolute Gasteiger partial charge is 0.258 e. The molecule has 6 nitrogen and oxygen atoms in total. The van der Waals surface area contributed by atoms with Crippen LogP contribution in [0.2, 0.25) is 0 Å². The molecule has 142 valence electrons. The van der Waals surface area contributed by atoms with E-state index >= 15 is 0 Å². The maximum absolute atomic E-state index is 11.8. The van der Waals surface area contributed by atoms with Crippen molar-refractivity contribution in [2.45, 2.75) is 52.4 Å². The number of carbonyl (C=O) groups is 1. The van der Waals surface area contributed by atoms with Gasteiger partial charge < -0.3 is 16.2 Å². The van der Waals surface area contributed by atoms with Crippen LogP contribution in [0, 0.1) is 5.41 Å². The van der Waals surface area contributed by atoms with Crippen molar-refractivity contribution >= 4 is 32.9 Å². The minimum atomic E-state index is -0.582. The second-order valence-corrected chi connectivity index (χ2v) is 10.3. The summed E-state index contributed by atoms with van der Waals surface area (Å²) >= 11 is 0. The first kappa shape index (κ1) is 20.2. The summed E-state index contributed by atoms with van der Waals surface area (Å²) < 4.78 is 0. The summed E-state index contributed by atoms with van der Waals surface area (Å²) in [6.45, 7) is 12.4. The standard InChI is InChI=1S/C19H28N4O2S/c1-18(2,3)12-7-11(8-13(15(12)25)19(4,5)6)9-26-10-14(24)22-17(26)23-16(20)21/h7-9,25H,10H2,1-6H3,(H4,20,21,22,23,24). The van der Waals surface area contributed by atoms with Crippen molar-refractivity contribution in [2.24, 2.45) is 10.7 Å². The average molecular weight is 377 g/mol. The molecule has 26 heavy (non-hydrogen) atoms. The molecule has 1 aliphatic rings. The number of nitrogens with zero attached hydrogens (tertiary/aromatic N) is 1. The van der Waals surface area contributed by atoms with E-state index in [9.17, 15) is 9.90 Å². The topological polar surface area (TPSA) is 112 Å². The van der Waals surface area contributed by atoms with Crippen LogP contribution in [-0.2, 0) is 15.6 Å². The number of amides is 1. The minimum absolute atomic E-state index is 0.223. The number of guanidine groups is 1. The number of amidine groups is 1. The summed E-state index contributed by atoms with van der Waals surface area (Å²) in [6.07, 6.45) is 0. The molecule has 1 aromatic rings. The number of phenolic OH excluding ortho intramolecular Hbond substituents is 1. The van der Waals surface area contributed by atoms with Crippen molar-refractivity contribution in [3.8, 4) is 5.75 Å². The lowest BCUT2D eigenvalue weighted by Gasteiger charge is -2.28. The molecular formula is C19H28N4O2S. The Morgan fingerprint density at radius 2 is 1.73 bits per heavy atom. The first-order valence-corrected chi connectivity index (χ1v) is 9.90. The lowest BCUT2D eigenvalue weighted by atomic mass is 9.78. The summed E-state index contributed by atoms with van der Waals surface area (Å²) in [7, 11) is -0.582. The molecule has 5 N–H and O–H groups in total. The molecule has 1 atom stereocenters. The fourth-order valence-corrected chi connectivity index (χ4v) is 4.33. The predicted octanol–water partition coefficient (Wildman–Crippen LogP) is 2.79. The highest BCUT2D eigenvalue weighted by Crippen LogP contribution is 2.40. The highest BCUT2D eigenvalue weighted by molar-refractivity contribution is 8.28. The van der Waals surface area contributed by atoms with Crippen LogP contribution in [0.5, 0.6) is 5.75 Å². The van der Waals surface area contributed by atoms with Crippen LogP contribution in [0.4, 0.5) is 0 Å². The van der Waals surface area contributed by atoms with Gasteiger partial charge in [0.05, 0.1) is 5.75 Å². The molecule has 0 aromatic heterocycles. The molecule has 0 spiro atoms. The Labute approximate surface area is 157 Å².